The number of furan rings is 1. The highest BCUT2D eigenvalue weighted by atomic mass is 16.5. The number of hydrogen-bond acceptors (Lipinski definition) is 4. The predicted molar refractivity (Wildman–Crippen MR) is 110 cm³/mol. The first kappa shape index (κ1) is 18.8. The van der Waals surface area contributed by atoms with Crippen LogP contribution in [-0.2, 0) is 9.59 Å². The van der Waals surface area contributed by atoms with E-state index in [2.05, 4.69) is 0 Å². The van der Waals surface area contributed by atoms with E-state index in [-0.39, 0.29) is 18.4 Å². The lowest BCUT2D eigenvalue weighted by atomic mass is 10.0. The molecule has 0 N–H and O–H groups in total. The molecule has 29 heavy (non-hydrogen) atoms. The molecule has 0 spiro atoms. The van der Waals surface area contributed by atoms with E-state index in [1.807, 2.05) is 44.2 Å². The second-order valence-corrected chi connectivity index (χ2v) is 7.07. The normalized spacial score (nSPS) is 17.0. The average Bonchev–Trinajstić information content (AvgIpc) is 3.24. The number of anilines is 2. The summed E-state index contributed by atoms with van der Waals surface area (Å²) in [4.78, 5) is 29.9. The number of aryl methyl sites for hydroxylation is 2. The van der Waals surface area contributed by atoms with Crippen molar-refractivity contribution in [2.45, 2.75) is 19.9 Å². The fourth-order valence-electron chi connectivity index (χ4n) is 3.79. The van der Waals surface area contributed by atoms with E-state index >= 15 is 0 Å². The monoisotopic (exact) mass is 390 g/mol. The van der Waals surface area contributed by atoms with Crippen LogP contribution in [0.5, 0.6) is 5.75 Å². The van der Waals surface area contributed by atoms with Crippen LogP contribution in [0.4, 0.5) is 11.4 Å². The Morgan fingerprint density at radius 3 is 2.48 bits per heavy atom. The Morgan fingerprint density at radius 1 is 1.00 bits per heavy atom. The van der Waals surface area contributed by atoms with Crippen LogP contribution in [0.2, 0.25) is 0 Å². The molecule has 1 aliphatic heterocycles. The minimum absolute atomic E-state index is 0.0796. The van der Waals surface area contributed by atoms with Gasteiger partial charge < -0.3 is 9.15 Å². The number of para-hydroxylation sites is 2. The zero-order chi connectivity index (χ0) is 20.5. The number of hydrogen-bond donors (Lipinski definition) is 0. The van der Waals surface area contributed by atoms with Crippen LogP contribution in [0.25, 0.3) is 0 Å². The number of piperazine rings is 1. The van der Waals surface area contributed by atoms with Gasteiger partial charge >= 0.3 is 0 Å². The summed E-state index contributed by atoms with van der Waals surface area (Å²) in [6, 6.07) is 15.5. The number of carbonyl (C=O) groups excluding carboxylic acids is 2. The van der Waals surface area contributed by atoms with Crippen molar-refractivity contribution >= 4 is 23.2 Å². The largest absolute Gasteiger partial charge is 0.495 e. The van der Waals surface area contributed by atoms with E-state index in [0.717, 1.165) is 11.1 Å². The standard InChI is InChI=1S/C23H22N2O4/c1-15-10-11-17(16(2)13-15)25-21(26)14-24(18-7-4-5-8-19(18)28-3)23(27)22(25)20-9-6-12-29-20/h4-13,22H,14H2,1-3H3. The van der Waals surface area contributed by atoms with Gasteiger partial charge in [0.2, 0.25) is 5.91 Å². The SMILES string of the molecule is COc1ccccc1N1CC(=O)N(c2ccc(C)cc2C)C(c2ccco2)C1=O. The highest BCUT2D eigenvalue weighted by molar-refractivity contribution is 6.15. The average molecular weight is 390 g/mol. The summed E-state index contributed by atoms with van der Waals surface area (Å²) in [7, 11) is 1.54. The lowest BCUT2D eigenvalue weighted by Gasteiger charge is -2.40. The summed E-state index contributed by atoms with van der Waals surface area (Å²) in [6.07, 6.45) is 1.51. The van der Waals surface area contributed by atoms with Crippen molar-refractivity contribution in [2.24, 2.45) is 0 Å². The van der Waals surface area contributed by atoms with Crippen LogP contribution in [-0.4, -0.2) is 25.5 Å². The predicted octanol–water partition coefficient (Wildman–Crippen LogP) is 4.03. The van der Waals surface area contributed by atoms with Crippen LogP contribution in [0, 0.1) is 13.8 Å². The van der Waals surface area contributed by atoms with E-state index < -0.39 is 6.04 Å². The van der Waals surface area contributed by atoms with E-state index in [9.17, 15) is 9.59 Å². The molecule has 3 aromatic rings. The topological polar surface area (TPSA) is 63.0 Å². The molecule has 1 aromatic heterocycles. The molecule has 6 heteroatoms. The van der Waals surface area contributed by atoms with Crippen LogP contribution in [0.3, 0.4) is 0 Å². The molecule has 1 atom stereocenters. The zero-order valence-electron chi connectivity index (χ0n) is 16.6. The third-order valence-corrected chi connectivity index (χ3v) is 5.12. The summed E-state index contributed by atoms with van der Waals surface area (Å²) in [6.45, 7) is 3.85. The summed E-state index contributed by atoms with van der Waals surface area (Å²) in [5.41, 5.74) is 3.28. The second-order valence-electron chi connectivity index (χ2n) is 7.07. The Balaban J connectivity index is 1.83. The molecule has 0 bridgehead atoms. The third-order valence-electron chi connectivity index (χ3n) is 5.12. The molecule has 0 saturated carbocycles. The van der Waals surface area contributed by atoms with Crippen molar-refractivity contribution in [1.82, 2.24) is 0 Å². The number of amides is 2. The second kappa shape index (κ2) is 7.47. The summed E-state index contributed by atoms with van der Waals surface area (Å²) >= 11 is 0. The highest BCUT2D eigenvalue weighted by Gasteiger charge is 2.44. The van der Waals surface area contributed by atoms with Gasteiger partial charge in [0, 0.05) is 5.69 Å². The Labute approximate surface area is 169 Å². The lowest BCUT2D eigenvalue weighted by Crippen LogP contribution is -2.56. The van der Waals surface area contributed by atoms with Gasteiger partial charge in [-0.05, 0) is 49.7 Å². The molecule has 4 rings (SSSR count). The van der Waals surface area contributed by atoms with Crippen LogP contribution in [0.1, 0.15) is 22.9 Å². The van der Waals surface area contributed by atoms with Gasteiger partial charge in [-0.15, -0.1) is 0 Å². The fourth-order valence-corrected chi connectivity index (χ4v) is 3.79. The summed E-state index contributed by atoms with van der Waals surface area (Å²) < 4.78 is 11.0. The van der Waals surface area contributed by atoms with E-state index in [1.54, 1.807) is 36.3 Å². The number of benzene rings is 2. The van der Waals surface area contributed by atoms with Crippen molar-refractivity contribution in [2.75, 3.05) is 23.5 Å². The van der Waals surface area contributed by atoms with Crippen molar-refractivity contribution < 1.29 is 18.7 Å². The van der Waals surface area contributed by atoms with E-state index in [1.165, 1.54) is 11.2 Å². The smallest absolute Gasteiger partial charge is 0.258 e. The number of methoxy groups -OCH3 is 1. The van der Waals surface area contributed by atoms with Gasteiger partial charge in [-0.3, -0.25) is 19.4 Å². The molecule has 1 fully saturated rings. The van der Waals surface area contributed by atoms with Crippen LogP contribution in [0.15, 0.2) is 65.3 Å². The first-order valence-electron chi connectivity index (χ1n) is 9.38. The summed E-state index contributed by atoms with van der Waals surface area (Å²) in [5, 5.41) is 0. The molecule has 2 amide bonds. The minimum atomic E-state index is -0.891. The summed E-state index contributed by atoms with van der Waals surface area (Å²) in [5.74, 6) is 0.516. The molecule has 148 valence electrons. The maximum atomic E-state index is 13.6. The Morgan fingerprint density at radius 2 is 1.79 bits per heavy atom. The van der Waals surface area contributed by atoms with E-state index in [0.29, 0.717) is 22.9 Å². The fraction of sp³-hybridized carbons (Fsp3) is 0.217. The molecule has 1 saturated heterocycles. The number of carbonyl (C=O) groups is 2. The first-order valence-corrected chi connectivity index (χ1v) is 9.38. The van der Waals surface area contributed by atoms with Crippen LogP contribution < -0.4 is 14.5 Å². The quantitative estimate of drug-likeness (QED) is 0.675. The molecular formula is C23H22N2O4. The molecular weight excluding hydrogens is 368 g/mol. The molecule has 2 aromatic carbocycles. The number of nitrogens with zero attached hydrogens (tertiary/aromatic N) is 2. The van der Waals surface area contributed by atoms with Crippen molar-refractivity contribution in [3.05, 3.63) is 77.7 Å². The zero-order valence-corrected chi connectivity index (χ0v) is 16.6. The molecule has 6 nitrogen and oxygen atoms in total. The van der Waals surface area contributed by atoms with Crippen molar-refractivity contribution in [1.29, 1.82) is 0 Å². The van der Waals surface area contributed by atoms with Gasteiger partial charge in [0.15, 0.2) is 6.04 Å². The number of ether oxygens (including phenoxy) is 1. The lowest BCUT2D eigenvalue weighted by molar-refractivity contribution is -0.129. The maximum Gasteiger partial charge on any atom is 0.258 e. The van der Waals surface area contributed by atoms with Gasteiger partial charge in [0.05, 0.1) is 19.1 Å². The maximum absolute atomic E-state index is 13.6. The van der Waals surface area contributed by atoms with Crippen LogP contribution >= 0.6 is 0 Å². The van der Waals surface area contributed by atoms with E-state index in [4.69, 9.17) is 9.15 Å². The molecule has 0 aliphatic carbocycles. The third kappa shape index (κ3) is 3.27. The first-order chi connectivity index (χ1) is 14.0. The highest BCUT2D eigenvalue weighted by Crippen LogP contribution is 2.38. The van der Waals surface area contributed by atoms with Gasteiger partial charge in [0.25, 0.3) is 5.91 Å². The minimum Gasteiger partial charge on any atom is -0.495 e. The van der Waals surface area contributed by atoms with Crippen molar-refractivity contribution in [3.63, 3.8) is 0 Å². The van der Waals surface area contributed by atoms with Gasteiger partial charge in [-0.1, -0.05) is 29.8 Å². The Bertz CT molecular complexity index is 1060. The van der Waals surface area contributed by atoms with Gasteiger partial charge in [-0.25, -0.2) is 0 Å². The van der Waals surface area contributed by atoms with Gasteiger partial charge in [0.1, 0.15) is 18.1 Å². The molecule has 1 aliphatic rings. The Kier molecular flexibility index (Phi) is 4.84. The van der Waals surface area contributed by atoms with Crippen molar-refractivity contribution in [3.8, 4) is 5.75 Å². The Hall–Kier alpha value is -3.54. The van der Waals surface area contributed by atoms with Gasteiger partial charge in [-0.2, -0.15) is 0 Å². The molecule has 1 unspecified atom stereocenters. The number of rotatable bonds is 4. The molecule has 0 radical (unpaired) electrons. The molecule has 2 heterocycles.